The third-order valence-electron chi connectivity index (χ3n) is 1.98. The van der Waals surface area contributed by atoms with Crippen molar-refractivity contribution in [3.05, 3.63) is 47.8 Å². The van der Waals surface area contributed by atoms with Crippen molar-refractivity contribution >= 4 is 0 Å². The van der Waals surface area contributed by atoms with Crippen molar-refractivity contribution in [3.63, 3.8) is 0 Å². The highest BCUT2D eigenvalue weighted by molar-refractivity contribution is 5.48. The quantitative estimate of drug-likeness (QED) is 0.679. The Labute approximate surface area is 82.2 Å². The minimum absolute atomic E-state index is 0.635. The van der Waals surface area contributed by atoms with Crippen molar-refractivity contribution in [2.24, 2.45) is 0 Å². The van der Waals surface area contributed by atoms with Crippen LogP contribution in [-0.4, -0.2) is 9.78 Å². The molecule has 0 aliphatic rings. The van der Waals surface area contributed by atoms with Gasteiger partial charge in [-0.05, 0) is 24.6 Å². The number of benzene rings is 1. The Morgan fingerprint density at radius 3 is 2.79 bits per heavy atom. The SMILES string of the molecule is Cc1cnn(-c2ccccc2C#N)c1. The van der Waals surface area contributed by atoms with Gasteiger partial charge in [0.05, 0.1) is 17.4 Å². The van der Waals surface area contributed by atoms with E-state index in [1.165, 1.54) is 0 Å². The van der Waals surface area contributed by atoms with Gasteiger partial charge in [-0.2, -0.15) is 10.4 Å². The number of nitrogens with zero attached hydrogens (tertiary/aromatic N) is 3. The highest BCUT2D eigenvalue weighted by atomic mass is 15.3. The predicted molar refractivity (Wildman–Crippen MR) is 53.0 cm³/mol. The van der Waals surface area contributed by atoms with E-state index in [1.54, 1.807) is 16.9 Å². The molecule has 1 heterocycles. The molecular formula is C11H9N3. The molecule has 0 saturated carbocycles. The molecule has 1 aromatic heterocycles. The van der Waals surface area contributed by atoms with Crippen molar-refractivity contribution in [3.8, 4) is 11.8 Å². The van der Waals surface area contributed by atoms with Gasteiger partial charge >= 0.3 is 0 Å². The first-order valence-corrected chi connectivity index (χ1v) is 4.32. The van der Waals surface area contributed by atoms with Gasteiger partial charge in [0.1, 0.15) is 6.07 Å². The van der Waals surface area contributed by atoms with Crippen molar-refractivity contribution in [1.82, 2.24) is 9.78 Å². The molecule has 0 atom stereocenters. The molecule has 0 amide bonds. The number of hydrogen-bond donors (Lipinski definition) is 0. The van der Waals surface area contributed by atoms with E-state index in [0.29, 0.717) is 5.56 Å². The maximum Gasteiger partial charge on any atom is 0.101 e. The number of hydrogen-bond acceptors (Lipinski definition) is 2. The van der Waals surface area contributed by atoms with Gasteiger partial charge in [-0.15, -0.1) is 0 Å². The number of aromatic nitrogens is 2. The van der Waals surface area contributed by atoms with E-state index in [2.05, 4.69) is 11.2 Å². The van der Waals surface area contributed by atoms with E-state index in [0.717, 1.165) is 11.3 Å². The Morgan fingerprint density at radius 1 is 1.36 bits per heavy atom. The Balaban J connectivity index is 2.57. The molecule has 0 aliphatic carbocycles. The lowest BCUT2D eigenvalue weighted by molar-refractivity contribution is 0.877. The Morgan fingerprint density at radius 2 is 2.14 bits per heavy atom. The Bertz CT molecular complexity index is 491. The molecule has 68 valence electrons. The summed E-state index contributed by atoms with van der Waals surface area (Å²) in [7, 11) is 0. The normalized spacial score (nSPS) is 9.71. The van der Waals surface area contributed by atoms with Gasteiger partial charge in [0, 0.05) is 6.20 Å². The van der Waals surface area contributed by atoms with Crippen molar-refractivity contribution < 1.29 is 0 Å². The monoisotopic (exact) mass is 183 g/mol. The van der Waals surface area contributed by atoms with Gasteiger partial charge < -0.3 is 0 Å². The van der Waals surface area contributed by atoms with E-state index in [1.807, 2.05) is 31.3 Å². The Kier molecular flexibility index (Phi) is 2.04. The summed E-state index contributed by atoms with van der Waals surface area (Å²) in [6.45, 7) is 1.97. The first-order chi connectivity index (χ1) is 6.81. The van der Waals surface area contributed by atoms with Gasteiger partial charge in [-0.25, -0.2) is 4.68 Å². The minimum Gasteiger partial charge on any atom is -0.239 e. The fraction of sp³-hybridized carbons (Fsp3) is 0.0909. The highest BCUT2D eigenvalue weighted by Crippen LogP contribution is 2.12. The number of aryl methyl sites for hydroxylation is 1. The van der Waals surface area contributed by atoms with Crippen LogP contribution >= 0.6 is 0 Å². The van der Waals surface area contributed by atoms with Gasteiger partial charge in [-0.3, -0.25) is 0 Å². The van der Waals surface area contributed by atoms with Gasteiger partial charge in [-0.1, -0.05) is 12.1 Å². The van der Waals surface area contributed by atoms with Gasteiger partial charge in [0.25, 0.3) is 0 Å². The topological polar surface area (TPSA) is 41.6 Å². The van der Waals surface area contributed by atoms with Crippen molar-refractivity contribution in [1.29, 1.82) is 5.26 Å². The van der Waals surface area contributed by atoms with Crippen LogP contribution in [0.2, 0.25) is 0 Å². The van der Waals surface area contributed by atoms with Crippen LogP contribution in [0.3, 0.4) is 0 Å². The summed E-state index contributed by atoms with van der Waals surface area (Å²) in [5.74, 6) is 0. The van der Waals surface area contributed by atoms with E-state index < -0.39 is 0 Å². The fourth-order valence-electron chi connectivity index (χ4n) is 1.31. The zero-order chi connectivity index (χ0) is 9.97. The Hall–Kier alpha value is -2.08. The standard InChI is InChI=1S/C11H9N3/c1-9-7-13-14(8-9)11-5-3-2-4-10(11)6-12/h2-5,7-8H,1H3. The number of rotatable bonds is 1. The lowest BCUT2D eigenvalue weighted by Gasteiger charge is -2.02. The first-order valence-electron chi connectivity index (χ1n) is 4.32. The molecule has 0 bridgehead atoms. The van der Waals surface area contributed by atoms with E-state index in [4.69, 9.17) is 5.26 Å². The maximum atomic E-state index is 8.90. The zero-order valence-corrected chi connectivity index (χ0v) is 7.81. The van der Waals surface area contributed by atoms with Crippen LogP contribution in [0, 0.1) is 18.3 Å². The molecule has 3 heteroatoms. The van der Waals surface area contributed by atoms with Crippen LogP contribution < -0.4 is 0 Å². The average Bonchev–Trinajstić information content (AvgIpc) is 2.65. The molecule has 2 rings (SSSR count). The van der Waals surface area contributed by atoms with E-state index in [-0.39, 0.29) is 0 Å². The van der Waals surface area contributed by atoms with E-state index in [9.17, 15) is 0 Å². The molecule has 0 aliphatic heterocycles. The molecule has 0 saturated heterocycles. The second-order valence-electron chi connectivity index (χ2n) is 3.09. The molecule has 14 heavy (non-hydrogen) atoms. The van der Waals surface area contributed by atoms with Crippen LogP contribution in [0.25, 0.3) is 5.69 Å². The molecule has 1 aromatic carbocycles. The largest absolute Gasteiger partial charge is 0.239 e. The van der Waals surface area contributed by atoms with Gasteiger partial charge in [0.2, 0.25) is 0 Å². The maximum absolute atomic E-state index is 8.90. The molecule has 0 spiro atoms. The fourth-order valence-corrected chi connectivity index (χ4v) is 1.31. The summed E-state index contributed by atoms with van der Waals surface area (Å²) < 4.78 is 1.72. The van der Waals surface area contributed by atoms with Crippen LogP contribution in [0.15, 0.2) is 36.7 Å². The molecule has 2 aromatic rings. The summed E-state index contributed by atoms with van der Waals surface area (Å²) in [6, 6.07) is 9.55. The second-order valence-corrected chi connectivity index (χ2v) is 3.09. The lowest BCUT2D eigenvalue weighted by atomic mass is 10.2. The number of para-hydroxylation sites is 1. The molecule has 0 radical (unpaired) electrons. The minimum atomic E-state index is 0.635. The summed E-state index contributed by atoms with van der Waals surface area (Å²) in [5, 5.41) is 13.1. The van der Waals surface area contributed by atoms with Crippen LogP contribution in [0.1, 0.15) is 11.1 Å². The first kappa shape index (κ1) is 8.52. The van der Waals surface area contributed by atoms with Crippen LogP contribution in [0.4, 0.5) is 0 Å². The summed E-state index contributed by atoms with van der Waals surface area (Å²) in [5.41, 5.74) is 2.54. The average molecular weight is 183 g/mol. The van der Waals surface area contributed by atoms with Gasteiger partial charge in [0.15, 0.2) is 0 Å². The molecule has 0 unspecified atom stereocenters. The molecule has 0 fully saturated rings. The smallest absolute Gasteiger partial charge is 0.101 e. The second kappa shape index (κ2) is 3.35. The van der Waals surface area contributed by atoms with Crippen molar-refractivity contribution in [2.45, 2.75) is 6.92 Å². The summed E-state index contributed by atoms with van der Waals surface area (Å²) in [4.78, 5) is 0. The summed E-state index contributed by atoms with van der Waals surface area (Å²) in [6.07, 6.45) is 3.67. The van der Waals surface area contributed by atoms with Crippen molar-refractivity contribution in [2.75, 3.05) is 0 Å². The molecular weight excluding hydrogens is 174 g/mol. The molecule has 0 N–H and O–H groups in total. The predicted octanol–water partition coefficient (Wildman–Crippen LogP) is 2.05. The lowest BCUT2D eigenvalue weighted by Crippen LogP contribution is -1.96. The zero-order valence-electron chi connectivity index (χ0n) is 7.81. The summed E-state index contributed by atoms with van der Waals surface area (Å²) >= 11 is 0. The molecule has 3 nitrogen and oxygen atoms in total. The van der Waals surface area contributed by atoms with E-state index >= 15 is 0 Å². The van der Waals surface area contributed by atoms with Crippen LogP contribution in [-0.2, 0) is 0 Å². The number of nitriles is 1. The highest BCUT2D eigenvalue weighted by Gasteiger charge is 2.03. The van der Waals surface area contributed by atoms with Crippen LogP contribution in [0.5, 0.6) is 0 Å². The third kappa shape index (κ3) is 1.38. The third-order valence-corrected chi connectivity index (χ3v) is 1.98.